The molecule has 0 bridgehead atoms. The van der Waals surface area contributed by atoms with Crippen LogP contribution in [-0.2, 0) is 10.3 Å². The van der Waals surface area contributed by atoms with Crippen molar-refractivity contribution in [1.29, 1.82) is 0 Å². The third-order valence-corrected chi connectivity index (χ3v) is 4.38. The van der Waals surface area contributed by atoms with Gasteiger partial charge in [0.1, 0.15) is 11.3 Å². The first kappa shape index (κ1) is 15.5. The number of rotatable bonds is 4. The van der Waals surface area contributed by atoms with Crippen molar-refractivity contribution in [3.63, 3.8) is 0 Å². The van der Waals surface area contributed by atoms with E-state index >= 15 is 0 Å². The van der Waals surface area contributed by atoms with Crippen LogP contribution in [0.1, 0.15) is 42.4 Å². The predicted octanol–water partition coefficient (Wildman–Crippen LogP) is 3.56. The summed E-state index contributed by atoms with van der Waals surface area (Å²) in [5.41, 5.74) is 1.09. The van der Waals surface area contributed by atoms with Crippen LogP contribution in [0.4, 0.5) is 4.39 Å². The number of carbonyl (C=O) groups excluding carboxylic acids is 1. The number of hydrogen-bond acceptors (Lipinski definition) is 4. The van der Waals surface area contributed by atoms with E-state index in [0.29, 0.717) is 16.9 Å². The summed E-state index contributed by atoms with van der Waals surface area (Å²) in [4.78, 5) is 15.0. The SMILES string of the molecule is COc1c(C)c(C2(N=C=O)CCCC2)c(OC)c(C)c1F. The smallest absolute Gasteiger partial charge is 0.235 e. The molecule has 5 heteroatoms. The molecule has 0 amide bonds. The highest BCUT2D eigenvalue weighted by Gasteiger charge is 2.41. The maximum Gasteiger partial charge on any atom is 0.235 e. The van der Waals surface area contributed by atoms with Crippen LogP contribution in [0.15, 0.2) is 4.99 Å². The van der Waals surface area contributed by atoms with Gasteiger partial charge in [-0.25, -0.2) is 9.18 Å². The van der Waals surface area contributed by atoms with Crippen molar-refractivity contribution in [2.45, 2.75) is 45.1 Å². The van der Waals surface area contributed by atoms with Crippen molar-refractivity contribution in [1.82, 2.24) is 0 Å². The molecule has 0 aromatic heterocycles. The van der Waals surface area contributed by atoms with Crippen LogP contribution in [0, 0.1) is 19.7 Å². The molecule has 0 atom stereocenters. The maximum absolute atomic E-state index is 14.4. The summed E-state index contributed by atoms with van der Waals surface area (Å²) in [5, 5.41) is 0. The second-order valence-electron chi connectivity index (χ2n) is 5.45. The second kappa shape index (κ2) is 5.86. The quantitative estimate of drug-likeness (QED) is 0.630. The standard InChI is InChI=1S/C16H20FNO3/c1-10-12(16(18-9-19)7-5-6-8-16)14(20-3)11(2)13(17)15(10)21-4/h5-8H2,1-4H3. The maximum atomic E-state index is 14.4. The zero-order valence-electron chi connectivity index (χ0n) is 12.9. The third kappa shape index (κ3) is 2.32. The van der Waals surface area contributed by atoms with Crippen LogP contribution >= 0.6 is 0 Å². The van der Waals surface area contributed by atoms with Crippen molar-refractivity contribution in [2.24, 2.45) is 4.99 Å². The minimum Gasteiger partial charge on any atom is -0.496 e. The molecule has 0 heterocycles. The number of halogens is 1. The zero-order valence-corrected chi connectivity index (χ0v) is 12.9. The molecule has 0 spiro atoms. The van der Waals surface area contributed by atoms with Crippen molar-refractivity contribution in [3.8, 4) is 11.5 Å². The summed E-state index contributed by atoms with van der Waals surface area (Å²) in [6, 6.07) is 0. The lowest BCUT2D eigenvalue weighted by Gasteiger charge is -2.29. The highest BCUT2D eigenvalue weighted by atomic mass is 19.1. The van der Waals surface area contributed by atoms with Gasteiger partial charge in [0.15, 0.2) is 11.6 Å². The molecule has 114 valence electrons. The van der Waals surface area contributed by atoms with Gasteiger partial charge in [-0.15, -0.1) is 0 Å². The Morgan fingerprint density at radius 1 is 1.10 bits per heavy atom. The van der Waals surface area contributed by atoms with E-state index in [9.17, 15) is 9.18 Å². The largest absolute Gasteiger partial charge is 0.496 e. The number of isocyanates is 1. The van der Waals surface area contributed by atoms with Gasteiger partial charge in [-0.1, -0.05) is 12.8 Å². The van der Waals surface area contributed by atoms with Crippen molar-refractivity contribution in [2.75, 3.05) is 14.2 Å². The fourth-order valence-corrected chi connectivity index (χ4v) is 3.43. The molecule has 1 saturated carbocycles. The van der Waals surface area contributed by atoms with E-state index in [-0.39, 0.29) is 5.75 Å². The number of nitrogens with zero attached hydrogens (tertiary/aromatic N) is 1. The van der Waals surface area contributed by atoms with E-state index < -0.39 is 11.4 Å². The summed E-state index contributed by atoms with van der Waals surface area (Å²) in [6.45, 7) is 3.42. The first-order valence-electron chi connectivity index (χ1n) is 7.02. The fraction of sp³-hybridized carbons (Fsp3) is 0.562. The number of ether oxygens (including phenoxy) is 2. The number of hydrogen-bond donors (Lipinski definition) is 0. The van der Waals surface area contributed by atoms with Crippen LogP contribution < -0.4 is 9.47 Å². The number of benzene rings is 1. The van der Waals surface area contributed by atoms with E-state index in [1.54, 1.807) is 19.9 Å². The Kier molecular flexibility index (Phi) is 4.33. The number of aliphatic imine (C=N–C) groups is 1. The molecule has 1 aromatic carbocycles. The molecule has 1 aliphatic rings. The van der Waals surface area contributed by atoms with E-state index in [1.807, 2.05) is 0 Å². The third-order valence-electron chi connectivity index (χ3n) is 4.38. The van der Waals surface area contributed by atoms with Gasteiger partial charge in [0.25, 0.3) is 0 Å². The molecule has 0 aliphatic heterocycles. The molecule has 4 nitrogen and oxygen atoms in total. The highest BCUT2D eigenvalue weighted by molar-refractivity contribution is 5.58. The lowest BCUT2D eigenvalue weighted by Crippen LogP contribution is -2.23. The van der Waals surface area contributed by atoms with Gasteiger partial charge in [0.2, 0.25) is 6.08 Å². The molecule has 0 saturated heterocycles. The minimum absolute atomic E-state index is 0.190. The molecule has 1 aromatic rings. The predicted molar refractivity (Wildman–Crippen MR) is 77.2 cm³/mol. The zero-order chi connectivity index (χ0) is 15.6. The minimum atomic E-state index is -0.678. The Bertz CT molecular complexity index is 600. The lowest BCUT2D eigenvalue weighted by molar-refractivity contribution is 0.350. The second-order valence-corrected chi connectivity index (χ2v) is 5.45. The Morgan fingerprint density at radius 2 is 1.67 bits per heavy atom. The molecule has 0 N–H and O–H groups in total. The van der Waals surface area contributed by atoms with Gasteiger partial charge >= 0.3 is 0 Å². The van der Waals surface area contributed by atoms with E-state index in [2.05, 4.69) is 4.99 Å². The van der Waals surface area contributed by atoms with E-state index in [4.69, 9.17) is 9.47 Å². The van der Waals surface area contributed by atoms with E-state index in [1.165, 1.54) is 14.2 Å². The van der Waals surface area contributed by atoms with Gasteiger partial charge in [0.05, 0.1) is 14.2 Å². The Balaban J connectivity index is 2.83. The Morgan fingerprint density at radius 3 is 2.14 bits per heavy atom. The molecule has 0 radical (unpaired) electrons. The highest BCUT2D eigenvalue weighted by Crippen LogP contribution is 2.50. The van der Waals surface area contributed by atoms with Crippen LogP contribution in [0.2, 0.25) is 0 Å². The molecule has 2 rings (SSSR count). The summed E-state index contributed by atoms with van der Waals surface area (Å²) < 4.78 is 25.0. The van der Waals surface area contributed by atoms with Gasteiger partial charge in [0, 0.05) is 16.7 Å². The molecular formula is C16H20FNO3. The van der Waals surface area contributed by atoms with Crippen molar-refractivity contribution in [3.05, 3.63) is 22.5 Å². The normalized spacial score (nSPS) is 16.4. The molecular weight excluding hydrogens is 273 g/mol. The first-order chi connectivity index (χ1) is 10.0. The van der Waals surface area contributed by atoms with Gasteiger partial charge in [-0.3, -0.25) is 0 Å². The lowest BCUT2D eigenvalue weighted by atomic mass is 9.83. The summed E-state index contributed by atoms with van der Waals surface area (Å²) >= 11 is 0. The summed E-state index contributed by atoms with van der Waals surface area (Å²) in [6.07, 6.45) is 5.07. The van der Waals surface area contributed by atoms with Crippen LogP contribution in [0.25, 0.3) is 0 Å². The molecule has 1 aliphatic carbocycles. The van der Waals surface area contributed by atoms with Gasteiger partial charge in [-0.2, -0.15) is 4.99 Å². The molecule has 0 unspecified atom stereocenters. The number of methoxy groups -OCH3 is 2. The topological polar surface area (TPSA) is 47.9 Å². The van der Waals surface area contributed by atoms with Gasteiger partial charge in [-0.05, 0) is 26.7 Å². The Labute approximate surface area is 124 Å². The molecule has 1 fully saturated rings. The summed E-state index contributed by atoms with van der Waals surface area (Å²) in [5.74, 6) is 0.209. The van der Waals surface area contributed by atoms with E-state index in [0.717, 1.165) is 31.2 Å². The average Bonchev–Trinajstić information content (AvgIpc) is 2.92. The average molecular weight is 293 g/mol. The van der Waals surface area contributed by atoms with Crippen molar-refractivity contribution < 1.29 is 18.7 Å². The summed E-state index contributed by atoms with van der Waals surface area (Å²) in [7, 11) is 2.94. The molecule has 21 heavy (non-hydrogen) atoms. The van der Waals surface area contributed by atoms with Crippen molar-refractivity contribution >= 4 is 6.08 Å². The monoisotopic (exact) mass is 293 g/mol. The van der Waals surface area contributed by atoms with Crippen LogP contribution in [0.3, 0.4) is 0 Å². The van der Waals surface area contributed by atoms with Crippen LogP contribution in [-0.4, -0.2) is 20.3 Å². The first-order valence-corrected chi connectivity index (χ1v) is 7.02. The van der Waals surface area contributed by atoms with Gasteiger partial charge < -0.3 is 9.47 Å². The fourth-order valence-electron chi connectivity index (χ4n) is 3.43. The Hall–Kier alpha value is -1.87. The van der Waals surface area contributed by atoms with Crippen LogP contribution in [0.5, 0.6) is 11.5 Å².